The number of hydrogen-bond donors (Lipinski definition) is 3. The number of halogens is 2. The maximum atomic E-state index is 13.7. The summed E-state index contributed by atoms with van der Waals surface area (Å²) in [5.41, 5.74) is 2.16. The number of hydrogen-bond acceptors (Lipinski definition) is 18. The summed E-state index contributed by atoms with van der Waals surface area (Å²) in [5, 5.41) is 8.99. The third kappa shape index (κ3) is 15.7. The van der Waals surface area contributed by atoms with Crippen molar-refractivity contribution in [3.05, 3.63) is 76.8 Å². The summed E-state index contributed by atoms with van der Waals surface area (Å²) in [6.45, 7) is 9.06. The molecule has 0 bridgehead atoms. The zero-order valence-corrected chi connectivity index (χ0v) is 44.6. The second-order valence-corrected chi connectivity index (χ2v) is 20.2. The first-order valence-corrected chi connectivity index (χ1v) is 27.3. The molecule has 0 aliphatic carbocycles. The molecule has 1 atom stereocenters. The van der Waals surface area contributed by atoms with Gasteiger partial charge in [-0.2, -0.15) is 0 Å². The number of carbonyl (C=O) groups is 6. The summed E-state index contributed by atoms with van der Waals surface area (Å²) in [5.74, 6) is -1.33. The molecule has 0 radical (unpaired) electrons. The minimum absolute atomic E-state index is 0.0132. The van der Waals surface area contributed by atoms with Gasteiger partial charge in [-0.1, -0.05) is 17.7 Å². The number of likely N-dealkylation sites (tertiary alicyclic amines) is 1. The number of aromatic nitrogens is 2. The number of methoxy groups -OCH3 is 1. The molecule has 3 fully saturated rings. The van der Waals surface area contributed by atoms with Crippen molar-refractivity contribution in [2.45, 2.75) is 55.5 Å². The first-order valence-electron chi connectivity index (χ1n) is 25.9. The number of piperazine rings is 1. The largest absolute Gasteiger partial charge is 0.494 e. The highest BCUT2D eigenvalue weighted by atomic mass is 35.5. The number of piperidine rings is 2. The van der Waals surface area contributed by atoms with Gasteiger partial charge in [-0.25, -0.2) is 14.4 Å². The fourth-order valence-corrected chi connectivity index (χ4v) is 10.7. The van der Waals surface area contributed by atoms with E-state index in [1.165, 1.54) is 37.3 Å². The lowest BCUT2D eigenvalue weighted by atomic mass is 10.0. The molecule has 8 rings (SSSR count). The van der Waals surface area contributed by atoms with Crippen LogP contribution in [-0.2, 0) is 42.9 Å². The molecule has 1 unspecified atom stereocenters. The molecule has 3 N–H and O–H groups in total. The van der Waals surface area contributed by atoms with E-state index in [0.717, 1.165) is 50.5 Å². The molecule has 3 aromatic carbocycles. The molecule has 4 aromatic rings. The predicted molar refractivity (Wildman–Crippen MR) is 284 cm³/mol. The smallest absolute Gasteiger partial charge is 0.263 e. The zero-order valence-electron chi connectivity index (χ0n) is 43.1. The van der Waals surface area contributed by atoms with Crippen molar-refractivity contribution in [2.75, 3.05) is 135 Å². The van der Waals surface area contributed by atoms with E-state index in [-0.39, 0.29) is 47.4 Å². The third-order valence-corrected chi connectivity index (χ3v) is 15.0. The van der Waals surface area contributed by atoms with E-state index in [9.17, 15) is 33.2 Å². The lowest BCUT2D eigenvalue weighted by Gasteiger charge is -2.42. The van der Waals surface area contributed by atoms with Crippen LogP contribution in [0.3, 0.4) is 0 Å². The van der Waals surface area contributed by atoms with Crippen LogP contribution in [0.1, 0.15) is 59.2 Å². The molecular formula is C53H65ClFN9O12S. The fraction of sp³-hybridized carbons (Fsp3) is 0.509. The van der Waals surface area contributed by atoms with Crippen LogP contribution in [0.25, 0.3) is 10.9 Å². The Balaban J connectivity index is 0.600. The summed E-state index contributed by atoms with van der Waals surface area (Å²) in [4.78, 5) is 93.4. The molecule has 21 nitrogen and oxygen atoms in total. The van der Waals surface area contributed by atoms with Crippen LogP contribution in [0, 0.1) is 5.82 Å². The number of nitrogens with one attached hydrogen (secondary N) is 3. The van der Waals surface area contributed by atoms with Gasteiger partial charge in [0.2, 0.25) is 23.6 Å². The van der Waals surface area contributed by atoms with Crippen LogP contribution in [0.5, 0.6) is 5.75 Å². The molecule has 6 amide bonds. The highest BCUT2D eigenvalue weighted by molar-refractivity contribution is 7.99. The average Bonchev–Trinajstić information content (AvgIpc) is 3.78. The molecule has 0 saturated carbocycles. The molecule has 414 valence electrons. The van der Waals surface area contributed by atoms with Gasteiger partial charge >= 0.3 is 0 Å². The molecule has 3 saturated heterocycles. The van der Waals surface area contributed by atoms with E-state index in [2.05, 4.69) is 35.7 Å². The van der Waals surface area contributed by atoms with Crippen molar-refractivity contribution in [3.63, 3.8) is 0 Å². The summed E-state index contributed by atoms with van der Waals surface area (Å²) in [7, 11) is 1.53. The van der Waals surface area contributed by atoms with Gasteiger partial charge in [0.15, 0.2) is 0 Å². The van der Waals surface area contributed by atoms with E-state index in [4.69, 9.17) is 40.0 Å². The Morgan fingerprint density at radius 1 is 0.818 bits per heavy atom. The number of nitrogens with zero attached hydrogens (tertiary/aromatic N) is 6. The monoisotopic (exact) mass is 1110 g/mol. The van der Waals surface area contributed by atoms with Crippen LogP contribution in [0.15, 0.2) is 59.8 Å². The van der Waals surface area contributed by atoms with Crippen LogP contribution >= 0.6 is 23.4 Å². The number of benzene rings is 3. The van der Waals surface area contributed by atoms with E-state index in [1.807, 2.05) is 4.90 Å². The van der Waals surface area contributed by atoms with E-state index in [0.29, 0.717) is 136 Å². The van der Waals surface area contributed by atoms with E-state index >= 15 is 0 Å². The lowest BCUT2D eigenvalue weighted by Crippen LogP contribution is -2.54. The Morgan fingerprint density at radius 2 is 1.52 bits per heavy atom. The van der Waals surface area contributed by atoms with Gasteiger partial charge < -0.3 is 48.9 Å². The predicted octanol–water partition coefficient (Wildman–Crippen LogP) is 4.78. The topological polar surface area (TPSA) is 233 Å². The average molecular weight is 1110 g/mol. The first-order chi connectivity index (χ1) is 37.5. The van der Waals surface area contributed by atoms with Gasteiger partial charge in [-0.3, -0.25) is 43.9 Å². The van der Waals surface area contributed by atoms with Gasteiger partial charge in [0.1, 0.15) is 36.4 Å². The highest BCUT2D eigenvalue weighted by Gasteiger charge is 2.45. The highest BCUT2D eigenvalue weighted by Crippen LogP contribution is 2.36. The van der Waals surface area contributed by atoms with Gasteiger partial charge in [0.25, 0.3) is 11.8 Å². The quantitative estimate of drug-likeness (QED) is 0.0395. The second kappa shape index (κ2) is 28.7. The number of fused-ring (bicyclic) bond motifs is 2. The number of amides is 6. The van der Waals surface area contributed by atoms with Crippen molar-refractivity contribution in [1.29, 1.82) is 0 Å². The van der Waals surface area contributed by atoms with Gasteiger partial charge in [0, 0.05) is 72.9 Å². The van der Waals surface area contributed by atoms with E-state index in [1.54, 1.807) is 36.4 Å². The standard InChI is InChI=1S/C53H65ClFN9O12S/c1-71-44-32-41-38(50(57-34-56-41)58-35-7-8-40(55)39(54)30-35)31-42(44)59-46(65)6-3-13-61-14-11-36(12-15-61)62-16-18-63(19-17-62)48(67)33-76-27-26-74-23-22-72-20-21-73-24-25-75-28-29-77-45-5-2-4-37-49(45)53(70)64(52(37)69)43-9-10-47(66)60-51(43)68/h2,4-5,7-8,30-32,34,36,43H,3,6,9-29,33H2,1H3,(H,59,65)(H,56,57,58)(H,60,66,68). The Morgan fingerprint density at radius 3 is 2.21 bits per heavy atom. The number of carbonyl (C=O) groups excluding carboxylic acids is 6. The number of imide groups is 2. The fourth-order valence-electron chi connectivity index (χ4n) is 9.63. The van der Waals surface area contributed by atoms with Gasteiger partial charge in [-0.05, 0) is 81.7 Å². The Kier molecular flexibility index (Phi) is 21.3. The van der Waals surface area contributed by atoms with Crippen molar-refractivity contribution in [2.24, 2.45) is 0 Å². The molecular weight excluding hydrogens is 1040 g/mol. The summed E-state index contributed by atoms with van der Waals surface area (Å²) in [6, 6.07) is 12.3. The number of ether oxygens (including phenoxy) is 6. The maximum absolute atomic E-state index is 13.7. The SMILES string of the molecule is COc1cc2ncnc(Nc3ccc(F)c(Cl)c3)c2cc1NC(=O)CCCN1CCC(N2CCN(C(=O)COCCOCCOCCOCCOCCSc3cccc4c3C(=O)N(C3CCC(=O)NC3=O)C4=O)CC2)CC1. The summed E-state index contributed by atoms with van der Waals surface area (Å²) < 4.78 is 47.3. The summed E-state index contributed by atoms with van der Waals surface area (Å²) >= 11 is 7.37. The zero-order chi connectivity index (χ0) is 54.1. The molecule has 4 aliphatic rings. The minimum Gasteiger partial charge on any atom is -0.494 e. The molecule has 4 aliphatic heterocycles. The van der Waals surface area contributed by atoms with Gasteiger partial charge in [-0.15, -0.1) is 11.8 Å². The molecule has 1 aromatic heterocycles. The van der Waals surface area contributed by atoms with Crippen LogP contribution in [0.4, 0.5) is 21.6 Å². The number of thioether (sulfide) groups is 1. The van der Waals surface area contributed by atoms with Crippen molar-refractivity contribution >= 4 is 86.9 Å². The normalized spacial score (nSPS) is 17.5. The van der Waals surface area contributed by atoms with Crippen LogP contribution < -0.4 is 20.7 Å². The Bertz CT molecular complexity index is 2730. The van der Waals surface area contributed by atoms with E-state index < -0.39 is 35.5 Å². The number of anilines is 3. The molecule has 77 heavy (non-hydrogen) atoms. The molecule has 0 spiro atoms. The molecule has 5 heterocycles. The van der Waals surface area contributed by atoms with Gasteiger partial charge in [0.05, 0.1) is 93.9 Å². The van der Waals surface area contributed by atoms with Crippen molar-refractivity contribution in [3.8, 4) is 5.75 Å². The first kappa shape index (κ1) is 57.3. The minimum atomic E-state index is -1.01. The van der Waals surface area contributed by atoms with Crippen LogP contribution in [0.2, 0.25) is 5.02 Å². The third-order valence-electron chi connectivity index (χ3n) is 13.7. The second-order valence-electron chi connectivity index (χ2n) is 18.7. The lowest BCUT2D eigenvalue weighted by molar-refractivity contribution is -0.139. The number of rotatable bonds is 28. The van der Waals surface area contributed by atoms with Crippen molar-refractivity contribution < 1.29 is 61.6 Å². The molecule has 24 heteroatoms. The van der Waals surface area contributed by atoms with Crippen molar-refractivity contribution in [1.82, 2.24) is 34.9 Å². The van der Waals surface area contributed by atoms with Crippen LogP contribution in [-0.4, -0.2) is 202 Å². The summed E-state index contributed by atoms with van der Waals surface area (Å²) in [6.07, 6.45) is 4.69. The Hall–Kier alpha value is -5.89. The maximum Gasteiger partial charge on any atom is 0.263 e. The Labute approximate surface area is 455 Å².